The molecule has 0 aromatic rings. The highest BCUT2D eigenvalue weighted by Crippen LogP contribution is 2.28. The van der Waals surface area contributed by atoms with Crippen LogP contribution in [-0.2, 0) is 4.79 Å². The van der Waals surface area contributed by atoms with Crippen LogP contribution in [0.25, 0.3) is 0 Å². The summed E-state index contributed by atoms with van der Waals surface area (Å²) in [6.45, 7) is 12.2. The van der Waals surface area contributed by atoms with Gasteiger partial charge in [-0.3, -0.25) is 14.7 Å². The summed E-state index contributed by atoms with van der Waals surface area (Å²) >= 11 is 0. The van der Waals surface area contributed by atoms with Crippen LogP contribution in [-0.4, -0.2) is 62.1 Å². The number of guanidine groups is 1. The summed E-state index contributed by atoms with van der Waals surface area (Å²) < 4.78 is 0. The first-order chi connectivity index (χ1) is 12.7. The second kappa shape index (κ2) is 13.6. The molecule has 1 aliphatic heterocycles. The van der Waals surface area contributed by atoms with E-state index in [1.54, 1.807) is 0 Å². The van der Waals surface area contributed by atoms with Crippen molar-refractivity contribution in [1.29, 1.82) is 0 Å². The number of likely N-dealkylation sites (tertiary alicyclic amines) is 1. The molecule has 1 amide bonds. The predicted octanol–water partition coefficient (Wildman–Crippen LogP) is 2.59. The Balaban J connectivity index is 0.00000364. The number of hydrogen-bond acceptors (Lipinski definition) is 3. The summed E-state index contributed by atoms with van der Waals surface area (Å²) in [5, 5.41) is 9.69. The maximum atomic E-state index is 11.7. The molecule has 1 saturated heterocycles. The molecule has 2 fully saturated rings. The van der Waals surface area contributed by atoms with E-state index < -0.39 is 0 Å². The quantitative estimate of drug-likeness (QED) is 0.179. The fourth-order valence-electron chi connectivity index (χ4n) is 3.85. The Labute approximate surface area is 182 Å². The molecule has 27 heavy (non-hydrogen) atoms. The molecule has 1 unspecified atom stereocenters. The van der Waals surface area contributed by atoms with Crippen molar-refractivity contribution in [2.75, 3.05) is 39.3 Å². The number of hydrogen-bond donors (Lipinski definition) is 3. The summed E-state index contributed by atoms with van der Waals surface area (Å²) in [5.41, 5.74) is 0. The molecule has 2 rings (SSSR count). The molecular weight excluding hydrogens is 453 g/mol. The first-order valence-electron chi connectivity index (χ1n) is 10.7. The lowest BCUT2D eigenvalue weighted by Crippen LogP contribution is -2.44. The van der Waals surface area contributed by atoms with Crippen LogP contribution in [0.2, 0.25) is 0 Å². The van der Waals surface area contributed by atoms with Crippen LogP contribution >= 0.6 is 24.0 Å². The fraction of sp³-hybridized carbons (Fsp3) is 0.900. The third-order valence-corrected chi connectivity index (χ3v) is 5.65. The van der Waals surface area contributed by atoms with E-state index in [1.165, 1.54) is 38.8 Å². The minimum Gasteiger partial charge on any atom is -0.357 e. The number of carbonyl (C=O) groups is 1. The van der Waals surface area contributed by atoms with Gasteiger partial charge in [-0.1, -0.05) is 26.7 Å². The Morgan fingerprint density at radius 3 is 2.22 bits per heavy atom. The molecule has 1 heterocycles. The van der Waals surface area contributed by atoms with E-state index in [-0.39, 0.29) is 35.8 Å². The Morgan fingerprint density at radius 2 is 1.67 bits per heavy atom. The van der Waals surface area contributed by atoms with Crippen molar-refractivity contribution < 1.29 is 4.79 Å². The molecule has 7 heteroatoms. The van der Waals surface area contributed by atoms with Crippen molar-refractivity contribution >= 4 is 35.8 Å². The van der Waals surface area contributed by atoms with Gasteiger partial charge in [0.15, 0.2) is 5.96 Å². The van der Waals surface area contributed by atoms with Gasteiger partial charge in [-0.2, -0.15) is 0 Å². The van der Waals surface area contributed by atoms with Crippen LogP contribution in [0.5, 0.6) is 0 Å². The van der Waals surface area contributed by atoms with E-state index in [2.05, 4.69) is 41.6 Å². The zero-order valence-corrected chi connectivity index (χ0v) is 19.8. The lowest BCUT2D eigenvalue weighted by molar-refractivity contribution is -0.122. The van der Waals surface area contributed by atoms with E-state index >= 15 is 0 Å². The van der Waals surface area contributed by atoms with Crippen molar-refractivity contribution in [3.63, 3.8) is 0 Å². The number of nitrogens with one attached hydrogen (secondary N) is 3. The fourth-order valence-corrected chi connectivity index (χ4v) is 3.85. The maximum Gasteiger partial charge on any atom is 0.223 e. The Morgan fingerprint density at radius 1 is 1.04 bits per heavy atom. The zero-order valence-electron chi connectivity index (χ0n) is 17.4. The molecule has 0 radical (unpaired) electrons. The standard InChI is InChI=1S/C20H39N5O.HI/c1-4-16(5-2)18(25-13-7-8-14-25)15-24-20(21-6-3)23-12-11-22-19(26)17-9-10-17;/h16-18H,4-15H2,1-3H3,(H,22,26)(H2,21,23,24);1H. The lowest BCUT2D eigenvalue weighted by atomic mass is 9.93. The van der Waals surface area contributed by atoms with Crippen LogP contribution in [0.15, 0.2) is 4.99 Å². The topological polar surface area (TPSA) is 68.8 Å². The molecule has 0 spiro atoms. The van der Waals surface area contributed by atoms with Crippen molar-refractivity contribution in [3.05, 3.63) is 0 Å². The van der Waals surface area contributed by atoms with E-state index in [4.69, 9.17) is 4.99 Å². The lowest BCUT2D eigenvalue weighted by Gasteiger charge is -2.32. The minimum atomic E-state index is 0. The Kier molecular flexibility index (Phi) is 12.3. The smallest absolute Gasteiger partial charge is 0.223 e. The van der Waals surface area contributed by atoms with Crippen LogP contribution in [0, 0.1) is 11.8 Å². The van der Waals surface area contributed by atoms with Crippen LogP contribution in [0.1, 0.15) is 59.3 Å². The van der Waals surface area contributed by atoms with Gasteiger partial charge in [-0.25, -0.2) is 0 Å². The highest BCUT2D eigenvalue weighted by Gasteiger charge is 2.29. The van der Waals surface area contributed by atoms with Gasteiger partial charge in [0, 0.05) is 31.6 Å². The molecule has 3 N–H and O–H groups in total. The largest absolute Gasteiger partial charge is 0.357 e. The van der Waals surface area contributed by atoms with Gasteiger partial charge in [0.2, 0.25) is 5.91 Å². The SMILES string of the molecule is CCNC(=NCC(C(CC)CC)N1CCCC1)NCCNC(=O)C1CC1.I. The molecule has 0 bridgehead atoms. The molecule has 6 nitrogen and oxygen atoms in total. The van der Waals surface area contributed by atoms with Crippen molar-refractivity contribution in [3.8, 4) is 0 Å². The van der Waals surface area contributed by atoms with Crippen LogP contribution < -0.4 is 16.0 Å². The molecule has 0 aromatic heterocycles. The molecular formula is C20H40IN5O. The van der Waals surface area contributed by atoms with Gasteiger partial charge in [-0.15, -0.1) is 24.0 Å². The van der Waals surface area contributed by atoms with Crippen molar-refractivity contribution in [1.82, 2.24) is 20.9 Å². The molecule has 2 aliphatic rings. The van der Waals surface area contributed by atoms with Crippen molar-refractivity contribution in [2.45, 2.75) is 65.3 Å². The first kappa shape index (κ1) is 24.5. The van der Waals surface area contributed by atoms with Gasteiger partial charge in [0.1, 0.15) is 0 Å². The zero-order chi connectivity index (χ0) is 18.8. The van der Waals surface area contributed by atoms with Gasteiger partial charge < -0.3 is 16.0 Å². The van der Waals surface area contributed by atoms with Crippen LogP contribution in [0.3, 0.4) is 0 Å². The third kappa shape index (κ3) is 8.54. The van der Waals surface area contributed by atoms with E-state index in [9.17, 15) is 4.79 Å². The monoisotopic (exact) mass is 493 g/mol. The molecule has 1 aliphatic carbocycles. The molecule has 158 valence electrons. The average Bonchev–Trinajstić information content (AvgIpc) is 3.37. The van der Waals surface area contributed by atoms with E-state index in [0.29, 0.717) is 25.0 Å². The second-order valence-corrected chi connectivity index (χ2v) is 7.60. The second-order valence-electron chi connectivity index (χ2n) is 7.60. The van der Waals surface area contributed by atoms with Crippen molar-refractivity contribution in [2.24, 2.45) is 16.8 Å². The number of carbonyl (C=O) groups excluding carboxylic acids is 1. The number of nitrogens with zero attached hydrogens (tertiary/aromatic N) is 2. The summed E-state index contributed by atoms with van der Waals surface area (Å²) in [5.74, 6) is 2.05. The summed E-state index contributed by atoms with van der Waals surface area (Å²) in [6, 6.07) is 0.539. The van der Waals surface area contributed by atoms with Gasteiger partial charge in [-0.05, 0) is 51.6 Å². The predicted molar refractivity (Wildman–Crippen MR) is 124 cm³/mol. The van der Waals surface area contributed by atoms with Gasteiger partial charge in [0.25, 0.3) is 0 Å². The molecule has 0 aromatic carbocycles. The highest BCUT2D eigenvalue weighted by molar-refractivity contribution is 14.0. The summed E-state index contributed by atoms with van der Waals surface area (Å²) in [7, 11) is 0. The summed E-state index contributed by atoms with van der Waals surface area (Å²) in [4.78, 5) is 19.2. The third-order valence-electron chi connectivity index (χ3n) is 5.65. The molecule has 1 atom stereocenters. The van der Waals surface area contributed by atoms with Crippen LogP contribution in [0.4, 0.5) is 0 Å². The Hall–Kier alpha value is -0.570. The Bertz CT molecular complexity index is 444. The maximum absolute atomic E-state index is 11.7. The average molecular weight is 493 g/mol. The number of halogens is 1. The van der Waals surface area contributed by atoms with Gasteiger partial charge in [0.05, 0.1) is 6.54 Å². The number of amides is 1. The van der Waals surface area contributed by atoms with E-state index in [0.717, 1.165) is 31.9 Å². The minimum absolute atomic E-state index is 0. The van der Waals surface area contributed by atoms with E-state index in [1.807, 2.05) is 0 Å². The molecule has 1 saturated carbocycles. The van der Waals surface area contributed by atoms with Gasteiger partial charge >= 0.3 is 0 Å². The number of aliphatic imine (C=N–C) groups is 1. The highest BCUT2D eigenvalue weighted by atomic mass is 127. The first-order valence-corrected chi connectivity index (χ1v) is 10.7. The summed E-state index contributed by atoms with van der Waals surface area (Å²) in [6.07, 6.45) is 7.17. The normalized spacial score (nSPS) is 18.9. The number of rotatable bonds is 11.